The highest BCUT2D eigenvalue weighted by Crippen LogP contribution is 2.07. The van der Waals surface area contributed by atoms with Crippen LogP contribution in [0.15, 0.2) is 36.7 Å². The van der Waals surface area contributed by atoms with Crippen molar-refractivity contribution in [1.82, 2.24) is 14.3 Å². The number of aryl methyl sites for hydroxylation is 1. The Balaban J connectivity index is 1.89. The molecule has 0 saturated heterocycles. The lowest BCUT2D eigenvalue weighted by atomic mass is 10.2. The van der Waals surface area contributed by atoms with E-state index < -0.39 is 10.0 Å². The lowest BCUT2D eigenvalue weighted by Crippen LogP contribution is -2.27. The molecule has 1 aromatic carbocycles. The molecule has 1 aromatic heterocycles. The van der Waals surface area contributed by atoms with Gasteiger partial charge in [0.25, 0.3) is 0 Å². The topological polar surface area (TPSA) is 87.8 Å². The normalized spacial score (nSPS) is 11.2. The summed E-state index contributed by atoms with van der Waals surface area (Å²) in [5.41, 5.74) is 1.16. The van der Waals surface area contributed by atoms with Crippen molar-refractivity contribution in [2.45, 2.75) is 12.2 Å². The summed E-state index contributed by atoms with van der Waals surface area (Å²) in [6.45, 7) is 0.309. The molecule has 0 atom stereocenters. The van der Waals surface area contributed by atoms with Crippen LogP contribution in [0.4, 0.5) is 0 Å². The highest BCUT2D eigenvalue weighted by atomic mass is 32.2. The zero-order valence-corrected chi connectivity index (χ0v) is 12.5. The lowest BCUT2D eigenvalue weighted by molar-refractivity contribution is 0.579. The van der Waals surface area contributed by atoms with Crippen molar-refractivity contribution in [3.63, 3.8) is 0 Å². The molecule has 0 radical (unpaired) electrons. The van der Waals surface area contributed by atoms with Gasteiger partial charge in [0.15, 0.2) is 0 Å². The molecule has 0 spiro atoms. The van der Waals surface area contributed by atoms with Gasteiger partial charge in [0.2, 0.25) is 10.0 Å². The lowest BCUT2D eigenvalue weighted by Gasteiger charge is -2.07. The van der Waals surface area contributed by atoms with Crippen LogP contribution in [0.5, 0.6) is 0 Å². The number of sulfonamides is 1. The smallest absolute Gasteiger partial charge is 0.215 e. The molecule has 21 heavy (non-hydrogen) atoms. The number of hydrogen-bond acceptors (Lipinski definition) is 4. The fraction of sp³-hybridized carbons (Fsp3) is 0.286. The molecule has 0 aliphatic rings. The van der Waals surface area contributed by atoms with Crippen LogP contribution >= 0.6 is 0 Å². The van der Waals surface area contributed by atoms with Gasteiger partial charge >= 0.3 is 0 Å². The monoisotopic (exact) mass is 304 g/mol. The third-order valence-corrected chi connectivity index (χ3v) is 4.39. The fourth-order valence-electron chi connectivity index (χ4n) is 1.90. The van der Waals surface area contributed by atoms with Gasteiger partial charge in [0, 0.05) is 32.4 Å². The minimum absolute atomic E-state index is 0.0979. The van der Waals surface area contributed by atoms with E-state index in [-0.39, 0.29) is 5.75 Å². The Kier molecular flexibility index (Phi) is 4.73. The Morgan fingerprint density at radius 2 is 2.05 bits per heavy atom. The summed E-state index contributed by atoms with van der Waals surface area (Å²) in [6.07, 6.45) is 4.04. The zero-order valence-electron chi connectivity index (χ0n) is 11.7. The van der Waals surface area contributed by atoms with Gasteiger partial charge in [0.05, 0.1) is 17.4 Å². The average molecular weight is 304 g/mol. The van der Waals surface area contributed by atoms with Crippen LogP contribution in [0, 0.1) is 11.3 Å². The Bertz CT molecular complexity index is 742. The number of aromatic nitrogens is 2. The SMILES string of the molecule is Cn1ccnc1CCNS(=O)(=O)Cc1ccc(C#N)cc1. The zero-order chi connectivity index (χ0) is 15.3. The van der Waals surface area contributed by atoms with E-state index in [9.17, 15) is 8.42 Å². The molecular weight excluding hydrogens is 288 g/mol. The maximum Gasteiger partial charge on any atom is 0.215 e. The first-order valence-electron chi connectivity index (χ1n) is 6.43. The van der Waals surface area contributed by atoms with Crippen molar-refractivity contribution in [2.75, 3.05) is 6.54 Å². The molecule has 0 saturated carbocycles. The first kappa shape index (κ1) is 15.2. The average Bonchev–Trinajstić information content (AvgIpc) is 2.85. The first-order valence-corrected chi connectivity index (χ1v) is 8.08. The highest BCUT2D eigenvalue weighted by Gasteiger charge is 2.11. The molecule has 1 N–H and O–H groups in total. The van der Waals surface area contributed by atoms with Gasteiger partial charge in [0.1, 0.15) is 5.82 Å². The predicted molar refractivity (Wildman–Crippen MR) is 78.7 cm³/mol. The number of nitriles is 1. The number of nitrogens with zero attached hydrogens (tertiary/aromatic N) is 3. The van der Waals surface area contributed by atoms with Crippen LogP contribution in [0.2, 0.25) is 0 Å². The Labute approximate surface area is 124 Å². The van der Waals surface area contributed by atoms with Gasteiger partial charge in [-0.3, -0.25) is 0 Å². The summed E-state index contributed by atoms with van der Waals surface area (Å²) in [5.74, 6) is 0.732. The molecule has 0 amide bonds. The van der Waals surface area contributed by atoms with Gasteiger partial charge in [-0.1, -0.05) is 12.1 Å². The van der Waals surface area contributed by atoms with Gasteiger partial charge in [-0.05, 0) is 17.7 Å². The molecule has 2 aromatic rings. The molecule has 110 valence electrons. The largest absolute Gasteiger partial charge is 0.338 e. The summed E-state index contributed by atoms with van der Waals surface area (Å²) in [4.78, 5) is 4.14. The van der Waals surface area contributed by atoms with Gasteiger partial charge in [-0.2, -0.15) is 5.26 Å². The number of hydrogen-bond donors (Lipinski definition) is 1. The van der Waals surface area contributed by atoms with Crippen LogP contribution in [-0.4, -0.2) is 24.5 Å². The van der Waals surface area contributed by atoms with Crippen LogP contribution in [0.1, 0.15) is 17.0 Å². The second-order valence-corrected chi connectivity index (χ2v) is 6.47. The number of rotatable bonds is 6. The Hall–Kier alpha value is -2.17. The van der Waals surface area contributed by atoms with E-state index in [1.165, 1.54) is 0 Å². The molecule has 0 aliphatic heterocycles. The predicted octanol–water partition coefficient (Wildman–Crippen LogP) is 0.954. The first-order chi connectivity index (χ1) is 10.00. The van der Waals surface area contributed by atoms with Crippen LogP contribution < -0.4 is 4.72 Å². The minimum atomic E-state index is -3.39. The third kappa shape index (κ3) is 4.41. The van der Waals surface area contributed by atoms with Crippen molar-refractivity contribution < 1.29 is 8.42 Å². The molecule has 6 nitrogen and oxygen atoms in total. The van der Waals surface area contributed by atoms with Gasteiger partial charge < -0.3 is 4.57 Å². The molecule has 1 heterocycles. The number of nitrogens with one attached hydrogen (secondary N) is 1. The Morgan fingerprint density at radius 3 is 2.62 bits per heavy atom. The van der Waals surface area contributed by atoms with Crippen LogP contribution in [-0.2, 0) is 29.2 Å². The van der Waals surface area contributed by atoms with Gasteiger partial charge in [-0.25, -0.2) is 18.1 Å². The van der Waals surface area contributed by atoms with E-state index in [1.807, 2.05) is 23.9 Å². The minimum Gasteiger partial charge on any atom is -0.338 e. The molecule has 0 unspecified atom stereocenters. The van der Waals surface area contributed by atoms with Crippen molar-refractivity contribution in [3.8, 4) is 6.07 Å². The summed E-state index contributed by atoms with van der Waals surface area (Å²) >= 11 is 0. The van der Waals surface area contributed by atoms with E-state index in [1.54, 1.807) is 30.5 Å². The molecular formula is C14H16N4O2S. The third-order valence-electron chi connectivity index (χ3n) is 3.03. The number of benzene rings is 1. The highest BCUT2D eigenvalue weighted by molar-refractivity contribution is 7.88. The number of imidazole rings is 1. The summed E-state index contributed by atoms with van der Waals surface area (Å²) < 4.78 is 28.3. The second-order valence-electron chi connectivity index (χ2n) is 4.67. The van der Waals surface area contributed by atoms with Crippen molar-refractivity contribution in [1.29, 1.82) is 5.26 Å². The molecule has 0 fully saturated rings. The van der Waals surface area contributed by atoms with E-state index in [0.29, 0.717) is 24.1 Å². The van der Waals surface area contributed by atoms with Crippen LogP contribution in [0.25, 0.3) is 0 Å². The summed E-state index contributed by atoms with van der Waals surface area (Å²) in [7, 11) is -1.52. The van der Waals surface area contributed by atoms with Crippen molar-refractivity contribution >= 4 is 10.0 Å². The van der Waals surface area contributed by atoms with E-state index in [0.717, 1.165) is 5.82 Å². The maximum atomic E-state index is 12.0. The van der Waals surface area contributed by atoms with E-state index in [2.05, 4.69) is 9.71 Å². The van der Waals surface area contributed by atoms with E-state index >= 15 is 0 Å². The molecule has 2 rings (SSSR count). The molecule has 7 heteroatoms. The Morgan fingerprint density at radius 1 is 1.33 bits per heavy atom. The molecule has 0 aliphatic carbocycles. The summed E-state index contributed by atoms with van der Waals surface area (Å²) in [6, 6.07) is 8.52. The van der Waals surface area contributed by atoms with Gasteiger partial charge in [-0.15, -0.1) is 0 Å². The fourth-order valence-corrected chi connectivity index (χ4v) is 3.05. The van der Waals surface area contributed by atoms with E-state index in [4.69, 9.17) is 5.26 Å². The second kappa shape index (κ2) is 6.52. The van der Waals surface area contributed by atoms with Crippen molar-refractivity contribution in [2.24, 2.45) is 7.05 Å². The van der Waals surface area contributed by atoms with Crippen molar-refractivity contribution in [3.05, 3.63) is 53.6 Å². The quantitative estimate of drug-likeness (QED) is 0.861. The van der Waals surface area contributed by atoms with Crippen LogP contribution in [0.3, 0.4) is 0 Å². The maximum absolute atomic E-state index is 12.0. The molecule has 0 bridgehead atoms. The standard InChI is InChI=1S/C14H16N4O2S/c1-18-9-8-16-14(18)6-7-17-21(19,20)11-13-4-2-12(10-15)3-5-13/h2-5,8-9,17H,6-7,11H2,1H3. The summed E-state index contributed by atoms with van der Waals surface area (Å²) in [5, 5.41) is 8.70.